The molecule has 0 aliphatic carbocycles. The van der Waals surface area contributed by atoms with Crippen molar-refractivity contribution in [2.45, 2.75) is 32.9 Å². The van der Waals surface area contributed by atoms with Gasteiger partial charge in [-0.1, -0.05) is 38.5 Å². The second kappa shape index (κ2) is 6.05. The third-order valence-electron chi connectivity index (χ3n) is 3.90. The van der Waals surface area contributed by atoms with E-state index in [1.54, 1.807) is 4.90 Å². The Hall–Kier alpha value is -1.88. The van der Waals surface area contributed by atoms with E-state index in [1.807, 2.05) is 38.1 Å². The molecular weight excluding hydrogens is 254 g/mol. The van der Waals surface area contributed by atoms with Crippen molar-refractivity contribution < 1.29 is 9.59 Å². The number of hydrogen-bond donors (Lipinski definition) is 2. The molecule has 108 valence electrons. The molecule has 0 spiro atoms. The lowest BCUT2D eigenvalue weighted by Crippen LogP contribution is -2.50. The Morgan fingerprint density at radius 3 is 2.85 bits per heavy atom. The van der Waals surface area contributed by atoms with Gasteiger partial charge in [0.15, 0.2) is 0 Å². The average Bonchev–Trinajstić information content (AvgIpc) is 2.61. The first-order chi connectivity index (χ1) is 9.58. The van der Waals surface area contributed by atoms with Crippen LogP contribution in [0.2, 0.25) is 0 Å². The molecule has 5 nitrogen and oxygen atoms in total. The van der Waals surface area contributed by atoms with Crippen LogP contribution in [0.15, 0.2) is 24.3 Å². The van der Waals surface area contributed by atoms with Crippen LogP contribution in [0.4, 0.5) is 5.69 Å². The maximum atomic E-state index is 12.5. The van der Waals surface area contributed by atoms with Gasteiger partial charge >= 0.3 is 0 Å². The fourth-order valence-electron chi connectivity index (χ4n) is 2.56. The van der Waals surface area contributed by atoms with Gasteiger partial charge in [0, 0.05) is 12.2 Å². The van der Waals surface area contributed by atoms with E-state index in [2.05, 4.69) is 5.32 Å². The van der Waals surface area contributed by atoms with E-state index >= 15 is 0 Å². The van der Waals surface area contributed by atoms with Crippen LogP contribution in [0, 0.1) is 5.92 Å². The molecule has 2 rings (SSSR count). The first kappa shape index (κ1) is 14.5. The van der Waals surface area contributed by atoms with Crippen molar-refractivity contribution in [3.63, 3.8) is 0 Å². The second-order valence-corrected chi connectivity index (χ2v) is 5.20. The Morgan fingerprint density at radius 2 is 2.20 bits per heavy atom. The van der Waals surface area contributed by atoms with Crippen LogP contribution in [0.1, 0.15) is 25.8 Å². The Morgan fingerprint density at radius 1 is 1.50 bits per heavy atom. The number of nitrogens with zero attached hydrogens (tertiary/aromatic N) is 1. The summed E-state index contributed by atoms with van der Waals surface area (Å²) in [5.74, 6) is -0.243. The number of carbonyl (C=O) groups is 2. The standard InChI is InChI=1S/C15H21N3O2/c1-3-10(2)14-15(20)17-12-7-5-4-6-11(12)9-18(14)13(19)8-16/h4-7,10,14H,3,8-9,16H2,1-2H3,(H,17,20)/t10?,14-/m0/s1. The molecule has 0 aromatic heterocycles. The summed E-state index contributed by atoms with van der Waals surface area (Å²) in [5, 5.41) is 2.92. The van der Waals surface area contributed by atoms with Gasteiger partial charge in [0.05, 0.1) is 6.54 Å². The summed E-state index contributed by atoms with van der Waals surface area (Å²) in [5.41, 5.74) is 7.21. The number of nitrogens with two attached hydrogens (primary N) is 1. The number of anilines is 1. The van der Waals surface area contributed by atoms with Gasteiger partial charge in [0.25, 0.3) is 0 Å². The van der Waals surface area contributed by atoms with Gasteiger partial charge in [-0.15, -0.1) is 0 Å². The molecule has 2 amide bonds. The minimum absolute atomic E-state index is 0.0810. The van der Waals surface area contributed by atoms with E-state index in [4.69, 9.17) is 5.73 Å². The number of amides is 2. The molecule has 1 heterocycles. The zero-order chi connectivity index (χ0) is 14.7. The van der Waals surface area contributed by atoms with Gasteiger partial charge in [-0.2, -0.15) is 0 Å². The molecule has 1 aliphatic rings. The fraction of sp³-hybridized carbons (Fsp3) is 0.467. The lowest BCUT2D eigenvalue weighted by molar-refractivity contribution is -0.139. The number of hydrogen-bond acceptors (Lipinski definition) is 3. The Bertz CT molecular complexity index is 516. The van der Waals surface area contributed by atoms with Gasteiger partial charge in [-0.05, 0) is 17.5 Å². The number of fused-ring (bicyclic) bond motifs is 1. The minimum atomic E-state index is -0.469. The van der Waals surface area contributed by atoms with Crippen molar-refractivity contribution in [3.05, 3.63) is 29.8 Å². The summed E-state index contributed by atoms with van der Waals surface area (Å²) >= 11 is 0. The topological polar surface area (TPSA) is 75.4 Å². The van der Waals surface area contributed by atoms with Crippen molar-refractivity contribution >= 4 is 17.5 Å². The molecule has 2 atom stereocenters. The molecule has 1 aliphatic heterocycles. The molecule has 1 aromatic carbocycles. The van der Waals surface area contributed by atoms with Gasteiger partial charge in [0.1, 0.15) is 6.04 Å². The maximum absolute atomic E-state index is 12.5. The molecule has 0 fully saturated rings. The van der Waals surface area contributed by atoms with Crippen molar-refractivity contribution in [2.75, 3.05) is 11.9 Å². The van der Waals surface area contributed by atoms with Gasteiger partial charge in [-0.3, -0.25) is 9.59 Å². The number of nitrogens with one attached hydrogen (secondary N) is 1. The second-order valence-electron chi connectivity index (χ2n) is 5.20. The molecule has 0 bridgehead atoms. The molecular formula is C15H21N3O2. The molecule has 0 radical (unpaired) electrons. The van der Waals surface area contributed by atoms with E-state index in [0.29, 0.717) is 6.54 Å². The lowest BCUT2D eigenvalue weighted by atomic mass is 9.96. The molecule has 1 aromatic rings. The Labute approximate surface area is 119 Å². The lowest BCUT2D eigenvalue weighted by Gasteiger charge is -2.32. The first-order valence-electron chi connectivity index (χ1n) is 6.96. The predicted octanol–water partition coefficient (Wildman–Crippen LogP) is 1.34. The maximum Gasteiger partial charge on any atom is 0.247 e. The smallest absolute Gasteiger partial charge is 0.247 e. The van der Waals surface area contributed by atoms with E-state index < -0.39 is 6.04 Å². The summed E-state index contributed by atoms with van der Waals surface area (Å²) in [6.45, 7) is 4.33. The summed E-state index contributed by atoms with van der Waals surface area (Å²) in [6, 6.07) is 7.09. The highest BCUT2D eigenvalue weighted by Crippen LogP contribution is 2.26. The minimum Gasteiger partial charge on any atom is -0.325 e. The molecule has 20 heavy (non-hydrogen) atoms. The third-order valence-corrected chi connectivity index (χ3v) is 3.90. The quantitative estimate of drug-likeness (QED) is 0.874. The van der Waals surface area contributed by atoms with Crippen LogP contribution >= 0.6 is 0 Å². The molecule has 0 saturated carbocycles. The van der Waals surface area contributed by atoms with E-state index in [9.17, 15) is 9.59 Å². The Balaban J connectivity index is 2.42. The molecule has 0 saturated heterocycles. The van der Waals surface area contributed by atoms with Gasteiger partial charge in [-0.25, -0.2) is 0 Å². The van der Waals surface area contributed by atoms with Crippen LogP contribution < -0.4 is 11.1 Å². The average molecular weight is 275 g/mol. The summed E-state index contributed by atoms with van der Waals surface area (Å²) in [4.78, 5) is 26.2. The van der Waals surface area contributed by atoms with Crippen molar-refractivity contribution in [3.8, 4) is 0 Å². The summed E-state index contributed by atoms with van der Waals surface area (Å²) in [6.07, 6.45) is 0.822. The number of para-hydroxylation sites is 1. The summed E-state index contributed by atoms with van der Waals surface area (Å²) in [7, 11) is 0. The predicted molar refractivity (Wildman–Crippen MR) is 77.9 cm³/mol. The number of carbonyl (C=O) groups excluding carboxylic acids is 2. The van der Waals surface area contributed by atoms with Crippen molar-refractivity contribution in [2.24, 2.45) is 11.7 Å². The van der Waals surface area contributed by atoms with Crippen molar-refractivity contribution in [1.82, 2.24) is 4.90 Å². The van der Waals surface area contributed by atoms with E-state index in [1.165, 1.54) is 0 Å². The third kappa shape index (κ3) is 2.67. The van der Waals surface area contributed by atoms with E-state index in [-0.39, 0.29) is 24.3 Å². The van der Waals surface area contributed by atoms with Gasteiger partial charge < -0.3 is 16.0 Å². The SMILES string of the molecule is CCC(C)[C@H]1C(=O)Nc2ccccc2CN1C(=O)CN. The zero-order valence-electron chi connectivity index (χ0n) is 11.9. The highest BCUT2D eigenvalue weighted by atomic mass is 16.2. The number of benzene rings is 1. The van der Waals surface area contributed by atoms with Crippen LogP contribution in [0.5, 0.6) is 0 Å². The van der Waals surface area contributed by atoms with Crippen LogP contribution in [0.3, 0.4) is 0 Å². The zero-order valence-corrected chi connectivity index (χ0v) is 11.9. The highest BCUT2D eigenvalue weighted by molar-refractivity contribution is 5.99. The monoisotopic (exact) mass is 275 g/mol. The largest absolute Gasteiger partial charge is 0.325 e. The number of rotatable bonds is 3. The molecule has 5 heteroatoms. The fourth-order valence-corrected chi connectivity index (χ4v) is 2.56. The molecule has 1 unspecified atom stereocenters. The van der Waals surface area contributed by atoms with Crippen LogP contribution in [0.25, 0.3) is 0 Å². The van der Waals surface area contributed by atoms with Crippen LogP contribution in [-0.2, 0) is 16.1 Å². The summed E-state index contributed by atoms with van der Waals surface area (Å²) < 4.78 is 0. The van der Waals surface area contributed by atoms with Gasteiger partial charge in [0.2, 0.25) is 11.8 Å². The normalized spacial score (nSPS) is 19.9. The molecule has 3 N–H and O–H groups in total. The van der Waals surface area contributed by atoms with E-state index in [0.717, 1.165) is 17.7 Å². The first-order valence-corrected chi connectivity index (χ1v) is 6.96. The van der Waals surface area contributed by atoms with Crippen molar-refractivity contribution in [1.29, 1.82) is 0 Å². The highest BCUT2D eigenvalue weighted by Gasteiger charge is 2.35. The van der Waals surface area contributed by atoms with Crippen LogP contribution in [-0.4, -0.2) is 29.3 Å². The Kier molecular flexibility index (Phi) is 4.39.